The van der Waals surface area contributed by atoms with E-state index in [-0.39, 0.29) is 0 Å². The molecule has 1 aliphatic heterocycles. The first-order valence-electron chi connectivity index (χ1n) is 11.2. The van der Waals surface area contributed by atoms with E-state index < -0.39 is 0 Å². The first-order valence-corrected chi connectivity index (χ1v) is 11.2. The van der Waals surface area contributed by atoms with Gasteiger partial charge in [0.05, 0.1) is 6.61 Å². The topological polar surface area (TPSA) is 21.8 Å². The molecule has 0 aliphatic carbocycles. The lowest BCUT2D eigenvalue weighted by Gasteiger charge is -2.06. The fourth-order valence-electron chi connectivity index (χ4n) is 3.45. The molecule has 2 heteroatoms. The molecule has 1 aromatic rings. The Morgan fingerprint density at radius 1 is 0.769 bits per heavy atom. The average Bonchev–Trinajstić information content (AvgIpc) is 3.49. The number of epoxide rings is 1. The summed E-state index contributed by atoms with van der Waals surface area (Å²) in [5.41, 5.74) is 1.43. The van der Waals surface area contributed by atoms with Crippen LogP contribution in [0.2, 0.25) is 0 Å². The van der Waals surface area contributed by atoms with Crippen LogP contribution >= 0.6 is 0 Å². The lowest BCUT2D eigenvalue weighted by molar-refractivity contribution is 0.263. The van der Waals surface area contributed by atoms with E-state index in [1.807, 2.05) is 0 Å². The van der Waals surface area contributed by atoms with Crippen molar-refractivity contribution in [1.82, 2.24) is 0 Å². The summed E-state index contributed by atoms with van der Waals surface area (Å²) >= 11 is 0. The van der Waals surface area contributed by atoms with Crippen LogP contribution in [0.3, 0.4) is 0 Å². The van der Waals surface area contributed by atoms with E-state index in [0.717, 1.165) is 12.4 Å². The normalized spacial score (nSPS) is 16.0. The first kappa shape index (κ1) is 21.3. The molecule has 2 rings (SSSR count). The second-order valence-corrected chi connectivity index (χ2v) is 7.90. The van der Waals surface area contributed by atoms with Crippen molar-refractivity contribution in [2.75, 3.05) is 13.2 Å². The van der Waals surface area contributed by atoms with Gasteiger partial charge in [0.1, 0.15) is 18.5 Å². The van der Waals surface area contributed by atoms with Gasteiger partial charge in [-0.05, 0) is 30.5 Å². The molecule has 148 valence electrons. The molecular weight excluding hydrogens is 320 g/mol. The molecule has 0 bridgehead atoms. The fraction of sp³-hybridized carbons (Fsp3) is 0.750. The molecule has 0 N–H and O–H groups in total. The highest BCUT2D eigenvalue weighted by atomic mass is 16.6. The molecule has 1 unspecified atom stereocenters. The summed E-state index contributed by atoms with van der Waals surface area (Å²) in [6.45, 7) is 3.84. The summed E-state index contributed by atoms with van der Waals surface area (Å²) in [5, 5.41) is 0. The predicted octanol–water partition coefficient (Wildman–Crippen LogP) is 7.10. The zero-order chi connectivity index (χ0) is 18.3. The van der Waals surface area contributed by atoms with Crippen LogP contribution in [-0.4, -0.2) is 19.3 Å². The summed E-state index contributed by atoms with van der Waals surface area (Å²) in [5.74, 6) is 0.967. The van der Waals surface area contributed by atoms with Crippen LogP contribution in [0, 0.1) is 0 Å². The van der Waals surface area contributed by atoms with E-state index in [2.05, 4.69) is 31.2 Å². The summed E-state index contributed by atoms with van der Waals surface area (Å²) < 4.78 is 10.8. The Bertz CT molecular complexity index is 436. The number of hydrogen-bond acceptors (Lipinski definition) is 2. The Hall–Kier alpha value is -1.02. The molecule has 0 spiro atoms. The Kier molecular flexibility index (Phi) is 11.5. The Morgan fingerprint density at radius 3 is 1.77 bits per heavy atom. The van der Waals surface area contributed by atoms with Gasteiger partial charge in [-0.1, -0.05) is 96.1 Å². The van der Waals surface area contributed by atoms with Crippen molar-refractivity contribution in [3.8, 4) is 5.75 Å². The largest absolute Gasteiger partial charge is 0.491 e. The number of hydrogen-bond donors (Lipinski definition) is 0. The van der Waals surface area contributed by atoms with Crippen LogP contribution in [0.25, 0.3) is 0 Å². The Morgan fingerprint density at radius 2 is 1.27 bits per heavy atom. The minimum absolute atomic E-state index is 0.334. The molecule has 2 nitrogen and oxygen atoms in total. The van der Waals surface area contributed by atoms with Gasteiger partial charge in [0.2, 0.25) is 0 Å². The van der Waals surface area contributed by atoms with Crippen molar-refractivity contribution in [2.45, 2.75) is 103 Å². The molecule has 0 aromatic heterocycles. The summed E-state index contributed by atoms with van der Waals surface area (Å²) in [6.07, 6.45) is 20.0. The van der Waals surface area contributed by atoms with Gasteiger partial charge in [0.25, 0.3) is 0 Å². The van der Waals surface area contributed by atoms with E-state index in [1.165, 1.54) is 95.5 Å². The van der Waals surface area contributed by atoms with Crippen molar-refractivity contribution < 1.29 is 9.47 Å². The highest BCUT2D eigenvalue weighted by Gasteiger charge is 2.22. The lowest BCUT2D eigenvalue weighted by Crippen LogP contribution is -2.03. The smallest absolute Gasteiger partial charge is 0.119 e. The van der Waals surface area contributed by atoms with Crippen LogP contribution in [0.15, 0.2) is 24.3 Å². The van der Waals surface area contributed by atoms with Gasteiger partial charge in [-0.25, -0.2) is 0 Å². The molecule has 26 heavy (non-hydrogen) atoms. The average molecular weight is 361 g/mol. The minimum Gasteiger partial charge on any atom is -0.491 e. The molecule has 1 fully saturated rings. The van der Waals surface area contributed by atoms with Crippen molar-refractivity contribution >= 4 is 0 Å². The maximum absolute atomic E-state index is 5.68. The zero-order valence-electron chi connectivity index (χ0n) is 17.0. The second-order valence-electron chi connectivity index (χ2n) is 7.90. The van der Waals surface area contributed by atoms with Gasteiger partial charge in [0.15, 0.2) is 0 Å². The third-order valence-electron chi connectivity index (χ3n) is 5.33. The fourth-order valence-corrected chi connectivity index (χ4v) is 3.45. The minimum atomic E-state index is 0.334. The Balaban J connectivity index is 1.35. The van der Waals surface area contributed by atoms with E-state index in [9.17, 15) is 0 Å². The number of unbranched alkanes of at least 4 members (excludes halogenated alkanes) is 12. The molecule has 1 aromatic carbocycles. The lowest BCUT2D eigenvalue weighted by atomic mass is 10.0. The summed E-state index contributed by atoms with van der Waals surface area (Å²) in [6, 6.07) is 8.62. The molecule has 1 atom stereocenters. The van der Waals surface area contributed by atoms with Gasteiger partial charge in [-0.2, -0.15) is 0 Å². The summed E-state index contributed by atoms with van der Waals surface area (Å²) in [4.78, 5) is 0. The second kappa shape index (κ2) is 14.1. The maximum atomic E-state index is 5.68. The Labute approximate surface area is 161 Å². The molecule has 1 saturated heterocycles. The quantitative estimate of drug-likeness (QED) is 0.218. The molecule has 0 radical (unpaired) electrons. The highest BCUT2D eigenvalue weighted by molar-refractivity contribution is 5.27. The van der Waals surface area contributed by atoms with Crippen molar-refractivity contribution in [3.05, 3.63) is 29.8 Å². The predicted molar refractivity (Wildman–Crippen MR) is 111 cm³/mol. The number of benzene rings is 1. The zero-order valence-corrected chi connectivity index (χ0v) is 17.0. The molecule has 0 saturated carbocycles. The van der Waals surface area contributed by atoms with Crippen molar-refractivity contribution in [3.63, 3.8) is 0 Å². The SMILES string of the molecule is CCCCCCCCCCCCCCCc1ccc(OCC2CO2)cc1. The molecule has 0 amide bonds. The molecule has 1 aliphatic rings. The maximum Gasteiger partial charge on any atom is 0.119 e. The van der Waals surface area contributed by atoms with E-state index in [0.29, 0.717) is 12.7 Å². The van der Waals surface area contributed by atoms with Gasteiger partial charge >= 0.3 is 0 Å². The van der Waals surface area contributed by atoms with Gasteiger partial charge in [0, 0.05) is 0 Å². The highest BCUT2D eigenvalue weighted by Crippen LogP contribution is 2.18. The van der Waals surface area contributed by atoms with Crippen molar-refractivity contribution in [1.29, 1.82) is 0 Å². The van der Waals surface area contributed by atoms with Gasteiger partial charge < -0.3 is 9.47 Å². The van der Waals surface area contributed by atoms with Crippen LogP contribution in [0.5, 0.6) is 5.75 Å². The standard InChI is InChI=1S/C24H40O2/c1-2-3-4-5-6-7-8-9-10-11-12-13-14-15-22-16-18-23(19-17-22)25-20-24-21-26-24/h16-19,24H,2-15,20-21H2,1H3. The summed E-state index contributed by atoms with van der Waals surface area (Å²) in [7, 11) is 0. The first-order chi connectivity index (χ1) is 12.9. The van der Waals surface area contributed by atoms with E-state index in [1.54, 1.807) is 0 Å². The monoisotopic (exact) mass is 360 g/mol. The molecular formula is C24H40O2. The third kappa shape index (κ3) is 10.9. The third-order valence-corrected chi connectivity index (χ3v) is 5.33. The van der Waals surface area contributed by atoms with Crippen LogP contribution in [0.1, 0.15) is 96.0 Å². The van der Waals surface area contributed by atoms with E-state index >= 15 is 0 Å². The van der Waals surface area contributed by atoms with Crippen LogP contribution in [-0.2, 0) is 11.2 Å². The van der Waals surface area contributed by atoms with Gasteiger partial charge in [-0.15, -0.1) is 0 Å². The van der Waals surface area contributed by atoms with Gasteiger partial charge in [-0.3, -0.25) is 0 Å². The number of rotatable bonds is 17. The van der Waals surface area contributed by atoms with Crippen LogP contribution in [0.4, 0.5) is 0 Å². The number of ether oxygens (including phenoxy) is 2. The van der Waals surface area contributed by atoms with Crippen molar-refractivity contribution in [2.24, 2.45) is 0 Å². The van der Waals surface area contributed by atoms with Crippen LogP contribution < -0.4 is 4.74 Å². The molecule has 1 heterocycles. The van der Waals surface area contributed by atoms with E-state index in [4.69, 9.17) is 9.47 Å². The number of aryl methyl sites for hydroxylation is 1.